The van der Waals surface area contributed by atoms with Crippen LogP contribution in [0.25, 0.3) is 22.0 Å². The van der Waals surface area contributed by atoms with Gasteiger partial charge in [-0.3, -0.25) is 14.8 Å². The standard InChI is InChI=1S/C14H9N3O/c1-17-7-4-9-11-10-8(2-5-15-11)3-6-16-12(10)14(18)13(9)17/h2-7H,1H3. The van der Waals surface area contributed by atoms with Crippen LogP contribution in [0.3, 0.4) is 0 Å². The number of carbonyl (C=O) groups is 1. The first-order valence-corrected chi connectivity index (χ1v) is 5.71. The Kier molecular flexibility index (Phi) is 1.61. The fourth-order valence-corrected chi connectivity index (χ4v) is 2.61. The van der Waals surface area contributed by atoms with Crippen LogP contribution in [0.15, 0.2) is 36.8 Å². The molecule has 4 heteroatoms. The van der Waals surface area contributed by atoms with E-state index in [0.29, 0.717) is 11.4 Å². The van der Waals surface area contributed by atoms with Crippen LogP contribution in [0, 0.1) is 0 Å². The molecule has 3 aromatic rings. The largest absolute Gasteiger partial charge is 0.347 e. The lowest BCUT2D eigenvalue weighted by molar-refractivity contribution is 0.102. The Labute approximate surface area is 103 Å². The average Bonchev–Trinajstić information content (AvgIpc) is 2.78. The topological polar surface area (TPSA) is 47.8 Å². The highest BCUT2D eigenvalue weighted by atomic mass is 16.1. The van der Waals surface area contributed by atoms with Gasteiger partial charge in [0.05, 0.1) is 5.69 Å². The van der Waals surface area contributed by atoms with E-state index in [-0.39, 0.29) is 5.78 Å². The van der Waals surface area contributed by atoms with E-state index >= 15 is 0 Å². The average molecular weight is 235 g/mol. The van der Waals surface area contributed by atoms with Gasteiger partial charge in [-0.15, -0.1) is 0 Å². The first-order valence-electron chi connectivity index (χ1n) is 5.71. The number of hydrogen-bond acceptors (Lipinski definition) is 3. The van der Waals surface area contributed by atoms with Crippen LogP contribution in [0.4, 0.5) is 0 Å². The van der Waals surface area contributed by atoms with Crippen molar-refractivity contribution in [3.63, 3.8) is 0 Å². The second kappa shape index (κ2) is 3.04. The summed E-state index contributed by atoms with van der Waals surface area (Å²) in [5, 5.41) is 1.87. The number of fused-ring (bicyclic) bond motifs is 2. The Morgan fingerprint density at radius 2 is 1.78 bits per heavy atom. The maximum absolute atomic E-state index is 12.5. The third kappa shape index (κ3) is 0.977. The van der Waals surface area contributed by atoms with Crippen LogP contribution in [0.5, 0.6) is 0 Å². The van der Waals surface area contributed by atoms with Crippen molar-refractivity contribution < 1.29 is 4.79 Å². The highest BCUT2D eigenvalue weighted by Crippen LogP contribution is 2.36. The molecule has 0 radical (unpaired) electrons. The second-order valence-corrected chi connectivity index (χ2v) is 4.44. The lowest BCUT2D eigenvalue weighted by atomic mass is 9.93. The Morgan fingerprint density at radius 1 is 1.06 bits per heavy atom. The van der Waals surface area contributed by atoms with Crippen molar-refractivity contribution in [3.05, 3.63) is 48.2 Å². The molecule has 0 spiro atoms. The Balaban J connectivity index is 2.28. The van der Waals surface area contributed by atoms with Gasteiger partial charge in [-0.1, -0.05) is 0 Å². The van der Waals surface area contributed by atoms with Gasteiger partial charge in [-0.2, -0.15) is 0 Å². The normalized spacial score (nSPS) is 12.8. The SMILES string of the molecule is Cn1ccc2c1C(=O)c1nccc3ccnc-2c13. The van der Waals surface area contributed by atoms with E-state index in [9.17, 15) is 4.79 Å². The molecule has 0 bridgehead atoms. The molecule has 0 aromatic carbocycles. The fourth-order valence-electron chi connectivity index (χ4n) is 2.61. The van der Waals surface area contributed by atoms with Crippen LogP contribution in [0.2, 0.25) is 0 Å². The lowest BCUT2D eigenvalue weighted by Crippen LogP contribution is -2.15. The fraction of sp³-hybridized carbons (Fsp3) is 0.0714. The Morgan fingerprint density at radius 3 is 2.56 bits per heavy atom. The van der Waals surface area contributed by atoms with E-state index in [1.54, 1.807) is 12.4 Å². The zero-order valence-corrected chi connectivity index (χ0v) is 9.71. The highest BCUT2D eigenvalue weighted by molar-refractivity contribution is 6.23. The lowest BCUT2D eigenvalue weighted by Gasteiger charge is -2.15. The summed E-state index contributed by atoms with van der Waals surface area (Å²) in [6.45, 7) is 0. The van der Waals surface area contributed by atoms with E-state index in [1.165, 1.54) is 0 Å². The maximum Gasteiger partial charge on any atom is 0.229 e. The third-order valence-electron chi connectivity index (χ3n) is 3.44. The molecule has 0 unspecified atom stereocenters. The molecule has 1 aliphatic rings. The maximum atomic E-state index is 12.5. The van der Waals surface area contributed by atoms with Gasteiger partial charge >= 0.3 is 0 Å². The molecular weight excluding hydrogens is 226 g/mol. The summed E-state index contributed by atoms with van der Waals surface area (Å²) in [7, 11) is 1.87. The van der Waals surface area contributed by atoms with E-state index in [4.69, 9.17) is 0 Å². The van der Waals surface area contributed by atoms with Crippen molar-refractivity contribution in [3.8, 4) is 11.3 Å². The summed E-state index contributed by atoms with van der Waals surface area (Å²) in [4.78, 5) is 21.1. The third-order valence-corrected chi connectivity index (χ3v) is 3.44. The van der Waals surface area contributed by atoms with Crippen molar-refractivity contribution >= 4 is 16.6 Å². The minimum absolute atomic E-state index is 0.0244. The van der Waals surface area contributed by atoms with Gasteiger partial charge < -0.3 is 4.57 Å². The smallest absolute Gasteiger partial charge is 0.229 e. The first kappa shape index (κ1) is 9.53. The predicted molar refractivity (Wildman–Crippen MR) is 67.4 cm³/mol. The molecule has 0 saturated carbocycles. The first-order chi connectivity index (χ1) is 8.77. The second-order valence-electron chi connectivity index (χ2n) is 4.44. The monoisotopic (exact) mass is 235 g/mol. The van der Waals surface area contributed by atoms with Gasteiger partial charge in [0.15, 0.2) is 0 Å². The summed E-state index contributed by atoms with van der Waals surface area (Å²) in [5.74, 6) is -0.0244. The van der Waals surface area contributed by atoms with Crippen molar-refractivity contribution in [2.45, 2.75) is 0 Å². The zero-order chi connectivity index (χ0) is 12.3. The molecular formula is C14H9N3O. The van der Waals surface area contributed by atoms with Gasteiger partial charge in [0, 0.05) is 36.6 Å². The van der Waals surface area contributed by atoms with Gasteiger partial charge in [0.25, 0.3) is 0 Å². The van der Waals surface area contributed by atoms with Gasteiger partial charge in [0.1, 0.15) is 11.4 Å². The number of carbonyl (C=O) groups excluding carboxylic acids is 1. The molecule has 4 rings (SSSR count). The molecule has 1 aliphatic carbocycles. The summed E-state index contributed by atoms with van der Waals surface area (Å²) in [6, 6.07) is 5.75. The van der Waals surface area contributed by atoms with Crippen molar-refractivity contribution in [2.24, 2.45) is 7.05 Å². The number of aryl methyl sites for hydroxylation is 1. The quantitative estimate of drug-likeness (QED) is 0.469. The molecule has 4 nitrogen and oxygen atoms in total. The number of rotatable bonds is 0. The molecule has 0 N–H and O–H groups in total. The highest BCUT2D eigenvalue weighted by Gasteiger charge is 2.29. The van der Waals surface area contributed by atoms with E-state index in [1.807, 2.05) is 36.0 Å². The van der Waals surface area contributed by atoms with E-state index < -0.39 is 0 Å². The predicted octanol–water partition coefficient (Wildman–Crippen LogP) is 2.18. The van der Waals surface area contributed by atoms with Crippen LogP contribution >= 0.6 is 0 Å². The molecule has 0 fully saturated rings. The molecule has 3 aromatic heterocycles. The van der Waals surface area contributed by atoms with Crippen molar-refractivity contribution in [1.29, 1.82) is 0 Å². The van der Waals surface area contributed by atoms with Gasteiger partial charge in [-0.25, -0.2) is 0 Å². The number of ketones is 1. The van der Waals surface area contributed by atoms with Crippen molar-refractivity contribution in [1.82, 2.24) is 14.5 Å². The van der Waals surface area contributed by atoms with Crippen LogP contribution in [-0.2, 0) is 7.05 Å². The summed E-state index contributed by atoms with van der Waals surface area (Å²) >= 11 is 0. The molecule has 0 saturated heterocycles. The molecule has 0 aliphatic heterocycles. The molecule has 0 atom stereocenters. The molecule has 86 valence electrons. The number of pyridine rings is 2. The van der Waals surface area contributed by atoms with E-state index in [0.717, 1.165) is 22.0 Å². The molecule has 18 heavy (non-hydrogen) atoms. The number of nitrogens with zero attached hydrogens (tertiary/aromatic N) is 3. The Bertz CT molecular complexity index is 812. The van der Waals surface area contributed by atoms with Crippen LogP contribution < -0.4 is 0 Å². The summed E-state index contributed by atoms with van der Waals surface area (Å²) in [5.41, 5.74) is 2.92. The number of hydrogen-bond donors (Lipinski definition) is 0. The van der Waals surface area contributed by atoms with Crippen LogP contribution in [-0.4, -0.2) is 20.3 Å². The molecule has 0 amide bonds. The Hall–Kier alpha value is -2.49. The zero-order valence-electron chi connectivity index (χ0n) is 9.71. The summed E-state index contributed by atoms with van der Waals surface area (Å²) in [6.07, 6.45) is 5.33. The number of aromatic nitrogens is 3. The molecule has 3 heterocycles. The van der Waals surface area contributed by atoms with Crippen LogP contribution in [0.1, 0.15) is 16.2 Å². The minimum atomic E-state index is -0.0244. The minimum Gasteiger partial charge on any atom is -0.347 e. The van der Waals surface area contributed by atoms with Gasteiger partial charge in [0.2, 0.25) is 5.78 Å². The van der Waals surface area contributed by atoms with Gasteiger partial charge in [-0.05, 0) is 23.6 Å². The van der Waals surface area contributed by atoms with Crippen molar-refractivity contribution in [2.75, 3.05) is 0 Å². The van der Waals surface area contributed by atoms with E-state index in [2.05, 4.69) is 9.97 Å². The summed E-state index contributed by atoms with van der Waals surface area (Å²) < 4.78 is 1.83.